The molecule has 0 unspecified atom stereocenters. The largest absolute Gasteiger partial charge is 0.466 e. The highest BCUT2D eigenvalue weighted by Gasteiger charge is 2.50. The minimum atomic E-state index is -1.14. The number of urea groups is 1. The van der Waals surface area contributed by atoms with Crippen LogP contribution in [-0.2, 0) is 10.3 Å². The van der Waals surface area contributed by atoms with E-state index < -0.39 is 11.6 Å². The van der Waals surface area contributed by atoms with Gasteiger partial charge in [0.2, 0.25) is 0 Å². The fourth-order valence-corrected chi connectivity index (χ4v) is 2.45. The molecule has 0 radical (unpaired) electrons. The molecule has 1 fully saturated rings. The normalized spacial score (nSPS) is 21.6. The maximum atomic E-state index is 12.5. The Morgan fingerprint density at radius 2 is 1.95 bits per heavy atom. The maximum Gasteiger partial charge on any atom is 0.325 e. The number of carbonyl (C=O) groups is 2. The molecule has 1 saturated heterocycles. The van der Waals surface area contributed by atoms with Gasteiger partial charge in [-0.25, -0.2) is 4.79 Å². The zero-order valence-electron chi connectivity index (χ0n) is 12.2. The number of carbonyl (C=O) groups excluding carboxylic acids is 2. The van der Waals surface area contributed by atoms with Gasteiger partial charge in [0.1, 0.15) is 5.76 Å². The molecular weight excluding hydrogens is 280 g/mol. The number of hydrogen-bond acceptors (Lipinski definition) is 3. The number of furan rings is 1. The van der Waals surface area contributed by atoms with Crippen LogP contribution in [0.3, 0.4) is 0 Å². The van der Waals surface area contributed by atoms with Crippen molar-refractivity contribution in [3.05, 3.63) is 66.1 Å². The summed E-state index contributed by atoms with van der Waals surface area (Å²) >= 11 is 0. The Morgan fingerprint density at radius 1 is 1.18 bits per heavy atom. The first-order chi connectivity index (χ1) is 10.6. The van der Waals surface area contributed by atoms with E-state index in [2.05, 4.69) is 5.32 Å². The standard InChI is InChI=1S/C17H16N2O3/c1-17(14-10-6-12-22-14)15(20)19(16(21)18-17)11-5-9-13-7-3-2-4-8-13/h2-10,12H,11H2,1H3,(H,18,21)/b9-5+/t17-/m0/s1. The van der Waals surface area contributed by atoms with Crippen LogP contribution in [-0.4, -0.2) is 23.4 Å². The zero-order chi connectivity index (χ0) is 15.6. The summed E-state index contributed by atoms with van der Waals surface area (Å²) in [6.45, 7) is 1.86. The van der Waals surface area contributed by atoms with Crippen molar-refractivity contribution in [3.63, 3.8) is 0 Å². The molecule has 5 nitrogen and oxygen atoms in total. The van der Waals surface area contributed by atoms with Crippen molar-refractivity contribution in [2.75, 3.05) is 6.54 Å². The van der Waals surface area contributed by atoms with Gasteiger partial charge >= 0.3 is 6.03 Å². The van der Waals surface area contributed by atoms with Crippen molar-refractivity contribution in [2.24, 2.45) is 0 Å². The van der Waals surface area contributed by atoms with Crippen molar-refractivity contribution < 1.29 is 14.0 Å². The summed E-state index contributed by atoms with van der Waals surface area (Å²) in [6, 6.07) is 12.7. The van der Waals surface area contributed by atoms with Crippen molar-refractivity contribution >= 4 is 18.0 Å². The molecule has 2 aromatic rings. The third-order valence-corrected chi connectivity index (χ3v) is 3.69. The third-order valence-electron chi connectivity index (χ3n) is 3.69. The molecule has 112 valence electrons. The quantitative estimate of drug-likeness (QED) is 0.882. The Balaban J connectivity index is 1.74. The second-order valence-corrected chi connectivity index (χ2v) is 5.26. The van der Waals surface area contributed by atoms with Crippen LogP contribution in [0.2, 0.25) is 0 Å². The summed E-state index contributed by atoms with van der Waals surface area (Å²) in [5, 5.41) is 2.69. The van der Waals surface area contributed by atoms with Crippen molar-refractivity contribution in [2.45, 2.75) is 12.5 Å². The predicted molar refractivity (Wildman–Crippen MR) is 81.8 cm³/mol. The Kier molecular flexibility index (Phi) is 3.55. The van der Waals surface area contributed by atoms with Crippen molar-refractivity contribution in [1.82, 2.24) is 10.2 Å². The number of amides is 3. The van der Waals surface area contributed by atoms with Crippen LogP contribution in [0, 0.1) is 0 Å². The lowest BCUT2D eigenvalue weighted by Crippen LogP contribution is -2.40. The lowest BCUT2D eigenvalue weighted by Gasteiger charge is -2.18. The highest BCUT2D eigenvalue weighted by Crippen LogP contribution is 2.28. The molecule has 1 aromatic heterocycles. The van der Waals surface area contributed by atoms with E-state index in [0.717, 1.165) is 5.56 Å². The molecule has 1 atom stereocenters. The van der Waals surface area contributed by atoms with Gasteiger partial charge in [-0.2, -0.15) is 0 Å². The zero-order valence-corrected chi connectivity index (χ0v) is 12.2. The van der Waals surface area contributed by atoms with Gasteiger partial charge < -0.3 is 9.73 Å². The first-order valence-corrected chi connectivity index (χ1v) is 7.01. The monoisotopic (exact) mass is 296 g/mol. The van der Waals surface area contributed by atoms with E-state index in [9.17, 15) is 9.59 Å². The maximum absolute atomic E-state index is 12.5. The summed E-state index contributed by atoms with van der Waals surface area (Å²) in [7, 11) is 0. The Labute approximate surface area is 128 Å². The topological polar surface area (TPSA) is 62.6 Å². The number of nitrogens with zero attached hydrogens (tertiary/aromatic N) is 1. The fourth-order valence-electron chi connectivity index (χ4n) is 2.45. The molecule has 5 heteroatoms. The smallest absolute Gasteiger partial charge is 0.325 e. The molecule has 0 aliphatic carbocycles. The Hall–Kier alpha value is -2.82. The number of rotatable bonds is 4. The van der Waals surface area contributed by atoms with Gasteiger partial charge in [-0.05, 0) is 24.6 Å². The molecule has 1 aliphatic heterocycles. The lowest BCUT2D eigenvalue weighted by molar-refractivity contribution is -0.131. The molecule has 1 aromatic carbocycles. The predicted octanol–water partition coefficient (Wildman–Crippen LogP) is 2.76. The minimum absolute atomic E-state index is 0.218. The molecule has 1 aliphatic rings. The van der Waals surface area contributed by atoms with E-state index in [1.165, 1.54) is 11.2 Å². The first kappa shape index (κ1) is 14.1. The van der Waals surface area contributed by atoms with Crippen LogP contribution >= 0.6 is 0 Å². The summed E-state index contributed by atoms with van der Waals surface area (Å²) in [5.74, 6) is 0.116. The average molecular weight is 296 g/mol. The van der Waals surface area contributed by atoms with E-state index in [-0.39, 0.29) is 12.5 Å². The van der Waals surface area contributed by atoms with Crippen LogP contribution < -0.4 is 5.32 Å². The fraction of sp³-hybridized carbons (Fsp3) is 0.176. The minimum Gasteiger partial charge on any atom is -0.466 e. The van der Waals surface area contributed by atoms with E-state index in [1.807, 2.05) is 36.4 Å². The SMILES string of the molecule is C[C@@]1(c2ccco2)NC(=O)N(C/C=C/c2ccccc2)C1=O. The molecule has 2 heterocycles. The molecule has 0 bridgehead atoms. The van der Waals surface area contributed by atoms with Gasteiger partial charge in [-0.15, -0.1) is 0 Å². The first-order valence-electron chi connectivity index (χ1n) is 7.01. The summed E-state index contributed by atoms with van der Waals surface area (Å²) in [6.07, 6.45) is 5.15. The van der Waals surface area contributed by atoms with Crippen molar-refractivity contribution in [1.29, 1.82) is 0 Å². The number of benzene rings is 1. The molecule has 1 N–H and O–H groups in total. The second-order valence-electron chi connectivity index (χ2n) is 5.26. The summed E-state index contributed by atoms with van der Waals surface area (Å²) < 4.78 is 5.28. The second kappa shape index (κ2) is 5.52. The van der Waals surface area contributed by atoms with Crippen LogP contribution in [0.5, 0.6) is 0 Å². The number of nitrogens with one attached hydrogen (secondary N) is 1. The highest BCUT2D eigenvalue weighted by atomic mass is 16.3. The van der Waals surface area contributed by atoms with Crippen LogP contribution in [0.15, 0.2) is 59.2 Å². The molecule has 0 spiro atoms. The van der Waals surface area contributed by atoms with E-state index in [4.69, 9.17) is 4.42 Å². The van der Waals surface area contributed by atoms with Gasteiger partial charge in [-0.3, -0.25) is 9.69 Å². The number of hydrogen-bond donors (Lipinski definition) is 1. The van der Waals surface area contributed by atoms with E-state index >= 15 is 0 Å². The molecule has 3 rings (SSSR count). The molecule has 0 saturated carbocycles. The summed E-state index contributed by atoms with van der Waals surface area (Å²) in [5.41, 5.74) is -0.121. The number of imide groups is 1. The van der Waals surface area contributed by atoms with Crippen LogP contribution in [0.25, 0.3) is 6.08 Å². The Morgan fingerprint density at radius 3 is 2.64 bits per heavy atom. The molecule has 22 heavy (non-hydrogen) atoms. The average Bonchev–Trinajstić information content (AvgIpc) is 3.12. The van der Waals surface area contributed by atoms with E-state index in [1.54, 1.807) is 25.1 Å². The van der Waals surface area contributed by atoms with Gasteiger partial charge in [0.05, 0.1) is 6.26 Å². The van der Waals surface area contributed by atoms with Gasteiger partial charge in [0, 0.05) is 6.54 Å². The third kappa shape index (κ3) is 2.41. The van der Waals surface area contributed by atoms with E-state index in [0.29, 0.717) is 5.76 Å². The Bertz CT molecular complexity index is 707. The van der Waals surface area contributed by atoms with Crippen LogP contribution in [0.1, 0.15) is 18.2 Å². The van der Waals surface area contributed by atoms with Gasteiger partial charge in [-0.1, -0.05) is 42.5 Å². The lowest BCUT2D eigenvalue weighted by atomic mass is 9.99. The highest BCUT2D eigenvalue weighted by molar-refractivity contribution is 6.07. The summed E-state index contributed by atoms with van der Waals surface area (Å²) in [4.78, 5) is 25.8. The molecular formula is C17H16N2O3. The van der Waals surface area contributed by atoms with Crippen molar-refractivity contribution in [3.8, 4) is 0 Å². The van der Waals surface area contributed by atoms with Gasteiger partial charge in [0.15, 0.2) is 5.54 Å². The van der Waals surface area contributed by atoms with Crippen LogP contribution in [0.4, 0.5) is 4.79 Å². The molecule has 3 amide bonds. The van der Waals surface area contributed by atoms with Gasteiger partial charge in [0.25, 0.3) is 5.91 Å².